The van der Waals surface area contributed by atoms with Gasteiger partial charge in [-0.2, -0.15) is 0 Å². The number of nitrogens with one attached hydrogen (secondary N) is 1. The molecule has 3 heterocycles. The fraction of sp³-hybridized carbons (Fsp3) is 0.667. The first-order chi connectivity index (χ1) is 10.7. The van der Waals surface area contributed by atoms with Gasteiger partial charge in [-0.1, -0.05) is 6.42 Å². The number of methoxy groups -OCH3 is 1. The molecule has 3 unspecified atom stereocenters. The van der Waals surface area contributed by atoms with Crippen LogP contribution in [0.1, 0.15) is 55.8 Å². The summed E-state index contributed by atoms with van der Waals surface area (Å²) < 4.78 is 18.0. The predicted octanol–water partition coefficient (Wildman–Crippen LogP) is 3.16. The van der Waals surface area contributed by atoms with Crippen molar-refractivity contribution in [3.8, 4) is 17.2 Å². The minimum absolute atomic E-state index is 0.214. The first-order valence-electron chi connectivity index (χ1n) is 8.51. The van der Waals surface area contributed by atoms with Crippen LogP contribution in [0.4, 0.5) is 0 Å². The van der Waals surface area contributed by atoms with Gasteiger partial charge in [0.1, 0.15) is 18.0 Å². The van der Waals surface area contributed by atoms with E-state index in [0.717, 1.165) is 36.6 Å². The lowest BCUT2D eigenvalue weighted by Crippen LogP contribution is -2.28. The van der Waals surface area contributed by atoms with Gasteiger partial charge in [0.15, 0.2) is 11.5 Å². The molecule has 120 valence electrons. The van der Waals surface area contributed by atoms with Crippen LogP contribution >= 0.6 is 0 Å². The summed E-state index contributed by atoms with van der Waals surface area (Å²) >= 11 is 0. The molecule has 0 aromatic heterocycles. The zero-order valence-electron chi connectivity index (χ0n) is 13.7. The van der Waals surface area contributed by atoms with Crippen molar-refractivity contribution in [2.75, 3.05) is 13.7 Å². The van der Waals surface area contributed by atoms with E-state index in [1.165, 1.54) is 36.0 Å². The third kappa shape index (κ3) is 2.08. The number of piperidine rings is 1. The molecule has 22 heavy (non-hydrogen) atoms. The normalized spacial score (nSPS) is 29.5. The third-order valence-electron chi connectivity index (χ3n) is 5.08. The molecule has 3 aliphatic rings. The Kier molecular flexibility index (Phi) is 3.44. The minimum atomic E-state index is 0.214. The van der Waals surface area contributed by atoms with Crippen molar-refractivity contribution in [1.82, 2.24) is 5.32 Å². The molecule has 1 aromatic carbocycles. The van der Waals surface area contributed by atoms with E-state index in [9.17, 15) is 0 Å². The minimum Gasteiger partial charge on any atom is -0.492 e. The Morgan fingerprint density at radius 3 is 2.41 bits per heavy atom. The van der Waals surface area contributed by atoms with Crippen molar-refractivity contribution >= 4 is 0 Å². The van der Waals surface area contributed by atoms with E-state index in [2.05, 4.69) is 19.2 Å². The van der Waals surface area contributed by atoms with Crippen LogP contribution < -0.4 is 19.5 Å². The Balaban J connectivity index is 1.90. The van der Waals surface area contributed by atoms with Crippen molar-refractivity contribution in [3.05, 3.63) is 16.7 Å². The number of benzene rings is 1. The maximum atomic E-state index is 6.22. The number of hydrogen-bond donors (Lipinski definition) is 1. The molecule has 0 aliphatic carbocycles. The Morgan fingerprint density at radius 1 is 1.00 bits per heavy atom. The first-order valence-corrected chi connectivity index (χ1v) is 8.51. The maximum absolute atomic E-state index is 6.22. The topological polar surface area (TPSA) is 39.7 Å². The molecular formula is C18H25NO3. The summed E-state index contributed by atoms with van der Waals surface area (Å²) in [6.45, 7) is 5.35. The summed E-state index contributed by atoms with van der Waals surface area (Å²) in [5.41, 5.74) is 3.85. The van der Waals surface area contributed by atoms with E-state index in [-0.39, 0.29) is 12.2 Å². The highest BCUT2D eigenvalue weighted by Gasteiger charge is 2.38. The largest absolute Gasteiger partial charge is 0.492 e. The highest BCUT2D eigenvalue weighted by Crippen LogP contribution is 2.53. The fourth-order valence-corrected chi connectivity index (χ4v) is 4.19. The maximum Gasteiger partial charge on any atom is 0.168 e. The first kappa shape index (κ1) is 14.2. The van der Waals surface area contributed by atoms with E-state index >= 15 is 0 Å². The molecule has 1 N–H and O–H groups in total. The van der Waals surface area contributed by atoms with Crippen molar-refractivity contribution in [3.63, 3.8) is 0 Å². The van der Waals surface area contributed by atoms with Crippen LogP contribution in [-0.4, -0.2) is 25.9 Å². The molecule has 1 aromatic rings. The average molecular weight is 303 g/mol. The summed E-state index contributed by atoms with van der Waals surface area (Å²) in [6.07, 6.45) is 6.00. The summed E-state index contributed by atoms with van der Waals surface area (Å²) in [5, 5.41) is 3.69. The average Bonchev–Trinajstić information content (AvgIpc) is 3.07. The molecule has 1 fully saturated rings. The van der Waals surface area contributed by atoms with Crippen LogP contribution in [0.2, 0.25) is 0 Å². The molecule has 4 rings (SSSR count). The van der Waals surface area contributed by atoms with Gasteiger partial charge in [0.25, 0.3) is 0 Å². The third-order valence-corrected chi connectivity index (χ3v) is 5.08. The second-order valence-electron chi connectivity index (χ2n) is 6.83. The van der Waals surface area contributed by atoms with Crippen LogP contribution in [0.3, 0.4) is 0 Å². The van der Waals surface area contributed by atoms with Crippen molar-refractivity contribution < 1.29 is 14.2 Å². The smallest absolute Gasteiger partial charge is 0.168 e. The molecular weight excluding hydrogens is 278 g/mol. The molecule has 0 radical (unpaired) electrons. The highest BCUT2D eigenvalue weighted by molar-refractivity contribution is 5.67. The van der Waals surface area contributed by atoms with E-state index < -0.39 is 0 Å². The lowest BCUT2D eigenvalue weighted by atomic mass is 9.88. The van der Waals surface area contributed by atoms with Gasteiger partial charge in [0.05, 0.1) is 7.11 Å². The SMILES string of the molecule is COc1c2c(c(C3CCCCN3)c3c1OC(C)C3)OC(C)C2. The molecule has 3 aliphatic heterocycles. The van der Waals surface area contributed by atoms with Crippen LogP contribution in [0.15, 0.2) is 0 Å². The molecule has 0 saturated carbocycles. The fourth-order valence-electron chi connectivity index (χ4n) is 4.19. The summed E-state index contributed by atoms with van der Waals surface area (Å²) in [6, 6.07) is 0.390. The molecule has 1 saturated heterocycles. The van der Waals surface area contributed by atoms with Gasteiger partial charge in [0.2, 0.25) is 0 Å². The van der Waals surface area contributed by atoms with Crippen molar-refractivity contribution in [1.29, 1.82) is 0 Å². The van der Waals surface area contributed by atoms with E-state index in [1.54, 1.807) is 7.11 Å². The Morgan fingerprint density at radius 2 is 1.73 bits per heavy atom. The molecule has 4 heteroatoms. The van der Waals surface area contributed by atoms with Crippen LogP contribution in [0, 0.1) is 0 Å². The van der Waals surface area contributed by atoms with Crippen molar-refractivity contribution in [2.24, 2.45) is 0 Å². The summed E-state index contributed by atoms with van der Waals surface area (Å²) in [7, 11) is 1.74. The van der Waals surface area contributed by atoms with Gasteiger partial charge in [-0.3, -0.25) is 0 Å². The van der Waals surface area contributed by atoms with Crippen LogP contribution in [0.5, 0.6) is 17.2 Å². The van der Waals surface area contributed by atoms with E-state index in [4.69, 9.17) is 14.2 Å². The highest BCUT2D eigenvalue weighted by atomic mass is 16.5. The zero-order chi connectivity index (χ0) is 15.3. The lowest BCUT2D eigenvalue weighted by Gasteiger charge is -2.28. The number of hydrogen-bond acceptors (Lipinski definition) is 4. The van der Waals surface area contributed by atoms with Crippen molar-refractivity contribution in [2.45, 2.75) is 64.2 Å². The number of fused-ring (bicyclic) bond motifs is 2. The van der Waals surface area contributed by atoms with E-state index in [0.29, 0.717) is 6.04 Å². The van der Waals surface area contributed by atoms with Gasteiger partial charge in [-0.05, 0) is 33.2 Å². The predicted molar refractivity (Wildman–Crippen MR) is 85.2 cm³/mol. The standard InChI is InChI=1S/C18H25NO3/c1-10-8-12-15(14-6-4-5-7-19-14)16-13(9-11(2)21-16)17(20-3)18(12)22-10/h10-11,14,19H,4-9H2,1-3H3. The molecule has 4 nitrogen and oxygen atoms in total. The second-order valence-corrected chi connectivity index (χ2v) is 6.83. The Bertz CT molecular complexity index is 553. The summed E-state index contributed by atoms with van der Waals surface area (Å²) in [5.74, 6) is 2.94. The number of rotatable bonds is 2. The zero-order valence-corrected chi connectivity index (χ0v) is 13.7. The van der Waals surface area contributed by atoms with Gasteiger partial charge < -0.3 is 19.5 Å². The summed E-state index contributed by atoms with van der Waals surface area (Å²) in [4.78, 5) is 0. The second kappa shape index (κ2) is 5.34. The lowest BCUT2D eigenvalue weighted by molar-refractivity contribution is 0.242. The van der Waals surface area contributed by atoms with Crippen LogP contribution in [0.25, 0.3) is 0 Å². The molecule has 0 amide bonds. The van der Waals surface area contributed by atoms with Gasteiger partial charge in [-0.25, -0.2) is 0 Å². The van der Waals surface area contributed by atoms with E-state index in [1.807, 2.05) is 0 Å². The Hall–Kier alpha value is -1.42. The monoisotopic (exact) mass is 303 g/mol. The molecule has 3 atom stereocenters. The van der Waals surface area contributed by atoms with Gasteiger partial charge in [0, 0.05) is 35.6 Å². The Labute approximate surface area is 132 Å². The molecule has 0 bridgehead atoms. The molecule has 0 spiro atoms. The van der Waals surface area contributed by atoms with Gasteiger partial charge >= 0.3 is 0 Å². The quantitative estimate of drug-likeness (QED) is 0.911. The van der Waals surface area contributed by atoms with Gasteiger partial charge in [-0.15, -0.1) is 0 Å². The van der Waals surface area contributed by atoms with Crippen LogP contribution in [-0.2, 0) is 12.8 Å². The number of ether oxygens (including phenoxy) is 3.